The minimum Gasteiger partial charge on any atom is -0.507 e. The quantitative estimate of drug-likeness (QED) is 0.885. The van der Waals surface area contributed by atoms with E-state index in [4.69, 9.17) is 5.11 Å². The fourth-order valence-electron chi connectivity index (χ4n) is 3.43. The molecule has 2 aromatic rings. The van der Waals surface area contributed by atoms with Crippen molar-refractivity contribution in [3.8, 4) is 16.9 Å². The topological polar surface area (TPSA) is 64.0 Å². The number of carbonyl (C=O) groups is 1. The summed E-state index contributed by atoms with van der Waals surface area (Å²) in [5, 5.41) is 18.9. The maximum Gasteiger partial charge on any atom is 0.253 e. The highest BCUT2D eigenvalue weighted by atomic mass is 16.3. The number of amides is 1. The fraction of sp³-hybridized carbons (Fsp3) is 0.381. The normalized spacial score (nSPS) is 15.3. The smallest absolute Gasteiger partial charge is 0.253 e. The molecule has 0 unspecified atom stereocenters. The molecule has 1 amide bonds. The first-order valence-electron chi connectivity index (χ1n) is 9.02. The van der Waals surface area contributed by atoms with Gasteiger partial charge in [0.2, 0.25) is 0 Å². The molecule has 1 aliphatic rings. The van der Waals surface area contributed by atoms with Crippen LogP contribution in [-0.4, -0.2) is 65.3 Å². The van der Waals surface area contributed by atoms with Gasteiger partial charge in [-0.25, -0.2) is 0 Å². The number of hydrogen-bond acceptors (Lipinski definition) is 4. The standard InChI is InChI=1S/C21H26N2O3/c1-15-13-19(14-16(2)20(15)25)17-3-5-18(6-4-17)21(26)23-9-7-22(8-10-23)11-12-24/h3-6,13-14,24-25H,7-12H2,1-2H3. The number of phenols is 1. The van der Waals surface area contributed by atoms with E-state index in [1.54, 1.807) is 0 Å². The molecule has 1 aliphatic heterocycles. The number of nitrogens with zero attached hydrogens (tertiary/aromatic N) is 2. The third kappa shape index (κ3) is 3.89. The van der Waals surface area contributed by atoms with E-state index in [1.165, 1.54) is 0 Å². The van der Waals surface area contributed by atoms with Gasteiger partial charge in [-0.1, -0.05) is 12.1 Å². The molecule has 1 saturated heterocycles. The number of phenolic OH excluding ortho intramolecular Hbond substituents is 1. The van der Waals surface area contributed by atoms with E-state index < -0.39 is 0 Å². The van der Waals surface area contributed by atoms with Gasteiger partial charge < -0.3 is 15.1 Å². The van der Waals surface area contributed by atoms with E-state index in [1.807, 2.05) is 55.1 Å². The Bertz CT molecular complexity index is 755. The Kier molecular flexibility index (Phi) is 5.59. The van der Waals surface area contributed by atoms with Crippen molar-refractivity contribution in [2.24, 2.45) is 0 Å². The highest BCUT2D eigenvalue weighted by molar-refractivity contribution is 5.94. The van der Waals surface area contributed by atoms with Crippen LogP contribution in [-0.2, 0) is 0 Å². The number of aryl methyl sites for hydroxylation is 2. The minimum absolute atomic E-state index is 0.0539. The van der Waals surface area contributed by atoms with Crippen molar-refractivity contribution >= 4 is 5.91 Å². The second-order valence-corrected chi connectivity index (χ2v) is 6.89. The highest BCUT2D eigenvalue weighted by Crippen LogP contribution is 2.29. The Balaban J connectivity index is 1.71. The van der Waals surface area contributed by atoms with Gasteiger partial charge in [0.25, 0.3) is 5.91 Å². The monoisotopic (exact) mass is 354 g/mol. The Morgan fingerprint density at radius 3 is 2.08 bits per heavy atom. The lowest BCUT2D eigenvalue weighted by Crippen LogP contribution is -2.49. The molecule has 1 fully saturated rings. The zero-order valence-electron chi connectivity index (χ0n) is 15.4. The lowest BCUT2D eigenvalue weighted by molar-refractivity contribution is 0.0615. The number of β-amino-alcohol motifs (C(OH)–C–C–N with tert-alkyl or cyclic N) is 1. The van der Waals surface area contributed by atoms with Crippen LogP contribution in [0.1, 0.15) is 21.5 Å². The van der Waals surface area contributed by atoms with Crippen LogP contribution < -0.4 is 0 Å². The van der Waals surface area contributed by atoms with E-state index in [-0.39, 0.29) is 12.5 Å². The van der Waals surface area contributed by atoms with Gasteiger partial charge in [0, 0.05) is 38.3 Å². The summed E-state index contributed by atoms with van der Waals surface area (Å²) in [7, 11) is 0. The second kappa shape index (κ2) is 7.89. The molecule has 0 atom stereocenters. The van der Waals surface area contributed by atoms with Crippen LogP contribution >= 0.6 is 0 Å². The van der Waals surface area contributed by atoms with Crippen molar-refractivity contribution in [1.82, 2.24) is 9.80 Å². The van der Waals surface area contributed by atoms with Crippen LogP contribution in [0.15, 0.2) is 36.4 Å². The number of aliphatic hydroxyl groups is 1. The van der Waals surface area contributed by atoms with Crippen LogP contribution in [0.25, 0.3) is 11.1 Å². The predicted octanol–water partition coefficient (Wildman–Crippen LogP) is 2.43. The van der Waals surface area contributed by atoms with Crippen LogP contribution in [0.3, 0.4) is 0 Å². The van der Waals surface area contributed by atoms with Gasteiger partial charge >= 0.3 is 0 Å². The van der Waals surface area contributed by atoms with Gasteiger partial charge in [-0.15, -0.1) is 0 Å². The first kappa shape index (κ1) is 18.4. The number of piperazine rings is 1. The molecular formula is C21H26N2O3. The van der Waals surface area contributed by atoms with Gasteiger partial charge in [-0.3, -0.25) is 9.69 Å². The molecule has 1 heterocycles. The van der Waals surface area contributed by atoms with Gasteiger partial charge in [0.1, 0.15) is 5.75 Å². The summed E-state index contributed by atoms with van der Waals surface area (Å²) in [4.78, 5) is 16.7. The average Bonchev–Trinajstić information content (AvgIpc) is 2.66. The van der Waals surface area contributed by atoms with E-state index >= 15 is 0 Å². The van der Waals surface area contributed by atoms with Crippen LogP contribution in [0.2, 0.25) is 0 Å². The lowest BCUT2D eigenvalue weighted by Gasteiger charge is -2.34. The highest BCUT2D eigenvalue weighted by Gasteiger charge is 2.21. The Morgan fingerprint density at radius 1 is 0.962 bits per heavy atom. The fourth-order valence-corrected chi connectivity index (χ4v) is 3.43. The first-order chi connectivity index (χ1) is 12.5. The van der Waals surface area contributed by atoms with Gasteiger partial charge in [0.05, 0.1) is 6.61 Å². The van der Waals surface area contributed by atoms with Gasteiger partial charge in [-0.2, -0.15) is 0 Å². The van der Waals surface area contributed by atoms with E-state index in [9.17, 15) is 9.90 Å². The number of hydrogen-bond donors (Lipinski definition) is 2. The molecule has 2 N–H and O–H groups in total. The van der Waals surface area contributed by atoms with E-state index in [2.05, 4.69) is 4.90 Å². The zero-order chi connectivity index (χ0) is 18.7. The Hall–Kier alpha value is -2.37. The summed E-state index contributed by atoms with van der Waals surface area (Å²) in [6.45, 7) is 7.59. The van der Waals surface area contributed by atoms with Crippen LogP contribution in [0.4, 0.5) is 0 Å². The van der Waals surface area contributed by atoms with Crippen molar-refractivity contribution in [1.29, 1.82) is 0 Å². The number of benzene rings is 2. The van der Waals surface area contributed by atoms with Crippen molar-refractivity contribution < 1.29 is 15.0 Å². The Labute approximate surface area is 154 Å². The molecule has 5 nitrogen and oxygen atoms in total. The van der Waals surface area contributed by atoms with Crippen LogP contribution in [0, 0.1) is 13.8 Å². The average molecular weight is 354 g/mol. The molecule has 2 aromatic carbocycles. The lowest BCUT2D eigenvalue weighted by atomic mass is 9.98. The largest absolute Gasteiger partial charge is 0.507 e. The van der Waals surface area contributed by atoms with Gasteiger partial charge in [-0.05, 0) is 60.4 Å². The zero-order valence-corrected chi connectivity index (χ0v) is 15.4. The van der Waals surface area contributed by atoms with Crippen molar-refractivity contribution in [3.05, 3.63) is 53.1 Å². The van der Waals surface area contributed by atoms with Crippen LogP contribution in [0.5, 0.6) is 5.75 Å². The third-order valence-electron chi connectivity index (χ3n) is 5.03. The molecule has 0 aromatic heterocycles. The van der Waals surface area contributed by atoms with E-state index in [0.29, 0.717) is 30.9 Å². The number of aliphatic hydroxyl groups excluding tert-OH is 1. The van der Waals surface area contributed by atoms with Crippen molar-refractivity contribution in [2.45, 2.75) is 13.8 Å². The minimum atomic E-state index is 0.0539. The molecule has 0 saturated carbocycles. The summed E-state index contributed by atoms with van der Waals surface area (Å²) < 4.78 is 0. The molecule has 0 aliphatic carbocycles. The summed E-state index contributed by atoms with van der Waals surface area (Å²) in [5.74, 6) is 0.388. The van der Waals surface area contributed by atoms with Crippen molar-refractivity contribution in [2.75, 3.05) is 39.3 Å². The molecule has 5 heteroatoms. The molecular weight excluding hydrogens is 328 g/mol. The predicted molar refractivity (Wildman–Crippen MR) is 102 cm³/mol. The summed E-state index contributed by atoms with van der Waals surface area (Å²) in [5.41, 5.74) is 4.45. The molecule has 0 spiro atoms. The van der Waals surface area contributed by atoms with Gasteiger partial charge in [0.15, 0.2) is 0 Å². The number of aromatic hydroxyl groups is 1. The van der Waals surface area contributed by atoms with Crippen molar-refractivity contribution in [3.63, 3.8) is 0 Å². The Morgan fingerprint density at radius 2 is 1.54 bits per heavy atom. The first-order valence-corrected chi connectivity index (χ1v) is 9.02. The molecule has 0 radical (unpaired) electrons. The summed E-state index contributed by atoms with van der Waals surface area (Å²) in [6.07, 6.45) is 0. The molecule has 0 bridgehead atoms. The number of carbonyl (C=O) groups excluding carboxylic acids is 1. The SMILES string of the molecule is Cc1cc(-c2ccc(C(=O)N3CCN(CCO)CC3)cc2)cc(C)c1O. The maximum absolute atomic E-state index is 12.7. The second-order valence-electron chi connectivity index (χ2n) is 6.89. The molecule has 26 heavy (non-hydrogen) atoms. The number of rotatable bonds is 4. The van der Waals surface area contributed by atoms with E-state index in [0.717, 1.165) is 35.3 Å². The molecule has 3 rings (SSSR count). The molecule has 138 valence electrons. The third-order valence-corrected chi connectivity index (χ3v) is 5.03. The summed E-state index contributed by atoms with van der Waals surface area (Å²) in [6, 6.07) is 11.6. The maximum atomic E-state index is 12.7. The summed E-state index contributed by atoms with van der Waals surface area (Å²) >= 11 is 0.